The summed E-state index contributed by atoms with van der Waals surface area (Å²) in [5.41, 5.74) is 2.00. The van der Waals surface area contributed by atoms with Crippen LogP contribution in [0.2, 0.25) is 0 Å². The summed E-state index contributed by atoms with van der Waals surface area (Å²) < 4.78 is 11.9. The van der Waals surface area contributed by atoms with Crippen LogP contribution in [0.1, 0.15) is 43.8 Å². The first-order valence-corrected chi connectivity index (χ1v) is 11.2. The zero-order valence-electron chi connectivity index (χ0n) is 17.4. The van der Waals surface area contributed by atoms with Crippen LogP contribution in [0.4, 0.5) is 0 Å². The van der Waals surface area contributed by atoms with Crippen molar-refractivity contribution in [2.75, 3.05) is 19.7 Å². The maximum Gasteiger partial charge on any atom is 0.309 e. The monoisotopic (exact) mass is 406 g/mol. The Morgan fingerprint density at radius 3 is 3.00 bits per heavy atom. The third-order valence-corrected chi connectivity index (χ3v) is 7.17. The van der Waals surface area contributed by atoms with Gasteiger partial charge in [0.25, 0.3) is 0 Å². The fourth-order valence-electron chi connectivity index (χ4n) is 5.59. The van der Waals surface area contributed by atoms with Crippen LogP contribution in [0.3, 0.4) is 0 Å². The minimum atomic E-state index is -0.291. The number of ether oxygens (including phenoxy) is 2. The average molecular weight is 407 g/mol. The van der Waals surface area contributed by atoms with Gasteiger partial charge in [-0.2, -0.15) is 0 Å². The van der Waals surface area contributed by atoms with Gasteiger partial charge >= 0.3 is 5.97 Å². The van der Waals surface area contributed by atoms with Crippen LogP contribution in [0, 0.1) is 11.8 Å². The molecule has 0 N–H and O–H groups in total. The number of fused-ring (bicyclic) bond motifs is 4. The number of carbonyl (C=O) groups excluding carboxylic acids is 1. The molecule has 0 aliphatic carbocycles. The number of piperidine rings is 3. The minimum Gasteiger partial charge on any atom is -0.456 e. The standard InChI is InChI=1S/C25H30N2O3/c1-2-17-16-27-12-10-18(17)14-23(27)25(30-24(28)15-19-6-5-13-29-19)21-9-11-26-22-8-4-3-7-20(21)22/h2-4,7-9,11,17-19,23,25H,1,5-6,10,12-16H2/t17-,18+,19+,23-,25+/m1/s1. The zero-order valence-corrected chi connectivity index (χ0v) is 17.4. The average Bonchev–Trinajstić information content (AvgIpc) is 3.30. The fourth-order valence-corrected chi connectivity index (χ4v) is 5.59. The van der Waals surface area contributed by atoms with Crippen molar-refractivity contribution in [2.24, 2.45) is 11.8 Å². The maximum absolute atomic E-state index is 12.9. The molecule has 1 aromatic heterocycles. The highest BCUT2D eigenvalue weighted by molar-refractivity contribution is 5.82. The molecule has 158 valence electrons. The van der Waals surface area contributed by atoms with E-state index in [4.69, 9.17) is 9.47 Å². The molecule has 4 fully saturated rings. The van der Waals surface area contributed by atoms with Crippen molar-refractivity contribution in [1.29, 1.82) is 0 Å². The molecule has 5 nitrogen and oxygen atoms in total. The Bertz CT molecular complexity index is 918. The van der Waals surface area contributed by atoms with E-state index in [2.05, 4.69) is 28.6 Å². The number of para-hydroxylation sites is 1. The molecule has 2 bridgehead atoms. The summed E-state index contributed by atoms with van der Waals surface area (Å²) >= 11 is 0. The van der Waals surface area contributed by atoms with Gasteiger partial charge in [0.15, 0.2) is 0 Å². The molecule has 30 heavy (non-hydrogen) atoms. The molecule has 5 heteroatoms. The molecule has 1 aromatic carbocycles. The van der Waals surface area contributed by atoms with Crippen molar-refractivity contribution in [3.8, 4) is 0 Å². The van der Waals surface area contributed by atoms with Gasteiger partial charge < -0.3 is 9.47 Å². The van der Waals surface area contributed by atoms with Gasteiger partial charge in [-0.3, -0.25) is 14.7 Å². The molecule has 6 atom stereocenters. The Morgan fingerprint density at radius 1 is 1.33 bits per heavy atom. The summed E-state index contributed by atoms with van der Waals surface area (Å²) in [6.45, 7) is 6.85. The van der Waals surface area contributed by atoms with E-state index < -0.39 is 0 Å². The second-order valence-corrected chi connectivity index (χ2v) is 8.91. The lowest BCUT2D eigenvalue weighted by atomic mass is 9.73. The number of rotatable bonds is 6. The molecular weight excluding hydrogens is 376 g/mol. The quantitative estimate of drug-likeness (QED) is 0.529. The number of pyridine rings is 1. The summed E-state index contributed by atoms with van der Waals surface area (Å²) in [4.78, 5) is 20.0. The van der Waals surface area contributed by atoms with E-state index in [0.717, 1.165) is 55.4 Å². The lowest BCUT2D eigenvalue weighted by molar-refractivity contribution is -0.159. The number of benzene rings is 1. The normalized spacial score (nSPS) is 31.5. The Labute approximate surface area is 178 Å². The Morgan fingerprint density at radius 2 is 2.23 bits per heavy atom. The highest BCUT2D eigenvalue weighted by atomic mass is 16.5. The molecule has 5 heterocycles. The molecule has 1 unspecified atom stereocenters. The van der Waals surface area contributed by atoms with Gasteiger partial charge in [0.1, 0.15) is 6.10 Å². The van der Waals surface area contributed by atoms with Gasteiger partial charge in [0.05, 0.1) is 24.1 Å². The topological polar surface area (TPSA) is 51.7 Å². The van der Waals surface area contributed by atoms with E-state index in [9.17, 15) is 4.79 Å². The molecule has 0 saturated carbocycles. The van der Waals surface area contributed by atoms with E-state index in [1.807, 2.05) is 30.5 Å². The largest absolute Gasteiger partial charge is 0.456 e. The zero-order chi connectivity index (χ0) is 20.5. The maximum atomic E-state index is 12.9. The van der Waals surface area contributed by atoms with Crippen LogP contribution in [-0.2, 0) is 14.3 Å². The van der Waals surface area contributed by atoms with Gasteiger partial charge in [-0.05, 0) is 56.2 Å². The lowest BCUT2D eigenvalue weighted by Crippen LogP contribution is -2.55. The van der Waals surface area contributed by atoms with E-state index >= 15 is 0 Å². The molecule has 0 radical (unpaired) electrons. The smallest absolute Gasteiger partial charge is 0.309 e. The van der Waals surface area contributed by atoms with Gasteiger partial charge in [-0.15, -0.1) is 6.58 Å². The summed E-state index contributed by atoms with van der Waals surface area (Å²) in [7, 11) is 0. The Balaban J connectivity index is 1.46. The third-order valence-electron chi connectivity index (χ3n) is 7.17. The van der Waals surface area contributed by atoms with E-state index in [1.165, 1.54) is 6.42 Å². The predicted octanol–water partition coefficient (Wildman–Crippen LogP) is 4.28. The van der Waals surface area contributed by atoms with Crippen LogP contribution in [0.25, 0.3) is 10.9 Å². The highest BCUT2D eigenvalue weighted by Crippen LogP contribution is 2.43. The van der Waals surface area contributed by atoms with E-state index in [-0.39, 0.29) is 24.2 Å². The van der Waals surface area contributed by atoms with Gasteiger partial charge in [0.2, 0.25) is 0 Å². The fraction of sp³-hybridized carbons (Fsp3) is 0.520. The predicted molar refractivity (Wildman–Crippen MR) is 116 cm³/mol. The van der Waals surface area contributed by atoms with Crippen molar-refractivity contribution in [3.05, 3.63) is 54.7 Å². The van der Waals surface area contributed by atoms with Crippen molar-refractivity contribution < 1.29 is 14.3 Å². The van der Waals surface area contributed by atoms with Crippen molar-refractivity contribution in [2.45, 2.75) is 50.4 Å². The number of hydrogen-bond donors (Lipinski definition) is 0. The van der Waals surface area contributed by atoms with E-state index in [1.54, 1.807) is 0 Å². The minimum absolute atomic E-state index is 0.000550. The first-order valence-electron chi connectivity index (χ1n) is 11.2. The number of nitrogens with zero attached hydrogens (tertiary/aromatic N) is 2. The second kappa shape index (κ2) is 8.48. The summed E-state index contributed by atoms with van der Waals surface area (Å²) in [6.07, 6.45) is 8.18. The van der Waals surface area contributed by atoms with Gasteiger partial charge in [-0.25, -0.2) is 0 Å². The van der Waals surface area contributed by atoms with Gasteiger partial charge in [0, 0.05) is 30.3 Å². The summed E-state index contributed by atoms with van der Waals surface area (Å²) in [5.74, 6) is 0.994. The van der Waals surface area contributed by atoms with Crippen LogP contribution >= 0.6 is 0 Å². The Kier molecular flexibility index (Phi) is 5.57. The summed E-state index contributed by atoms with van der Waals surface area (Å²) in [6, 6.07) is 10.4. The van der Waals surface area contributed by atoms with Crippen molar-refractivity contribution in [3.63, 3.8) is 0 Å². The number of hydrogen-bond acceptors (Lipinski definition) is 5. The molecule has 0 spiro atoms. The number of carbonyl (C=O) groups is 1. The van der Waals surface area contributed by atoms with Crippen LogP contribution in [-0.4, -0.2) is 47.7 Å². The molecule has 2 aromatic rings. The first kappa shape index (κ1) is 19.7. The summed E-state index contributed by atoms with van der Waals surface area (Å²) in [5, 5.41) is 1.07. The third kappa shape index (κ3) is 3.77. The number of esters is 1. The van der Waals surface area contributed by atoms with E-state index in [0.29, 0.717) is 18.3 Å². The SMILES string of the molecule is C=C[C@@H]1CN2CC[C@H]1C[C@@H]2[C@@H](OC(=O)C[C@@H]1CCCO1)c1ccnc2ccccc12. The molecule has 0 amide bonds. The molecule has 4 saturated heterocycles. The number of aromatic nitrogens is 1. The molecular formula is C25H30N2O3. The molecule has 4 aliphatic heterocycles. The van der Waals surface area contributed by atoms with Crippen molar-refractivity contribution in [1.82, 2.24) is 9.88 Å². The Hall–Kier alpha value is -2.24. The molecule has 6 rings (SSSR count). The van der Waals surface area contributed by atoms with Crippen LogP contribution < -0.4 is 0 Å². The van der Waals surface area contributed by atoms with Crippen LogP contribution in [0.15, 0.2) is 49.2 Å². The van der Waals surface area contributed by atoms with Crippen molar-refractivity contribution >= 4 is 16.9 Å². The second-order valence-electron chi connectivity index (χ2n) is 8.91. The lowest BCUT2D eigenvalue weighted by Gasteiger charge is -2.51. The first-order chi connectivity index (χ1) is 14.7. The molecule has 4 aliphatic rings. The van der Waals surface area contributed by atoms with Crippen LogP contribution in [0.5, 0.6) is 0 Å². The highest BCUT2D eigenvalue weighted by Gasteiger charge is 2.44. The van der Waals surface area contributed by atoms with Gasteiger partial charge in [-0.1, -0.05) is 24.3 Å².